The molecule has 1 saturated heterocycles. The van der Waals surface area contributed by atoms with Crippen molar-refractivity contribution in [2.75, 3.05) is 17.3 Å². The molecule has 4 aromatic rings. The van der Waals surface area contributed by atoms with Crippen LogP contribution in [-0.4, -0.2) is 41.6 Å². The summed E-state index contributed by atoms with van der Waals surface area (Å²) in [4.78, 5) is 57.3. The van der Waals surface area contributed by atoms with Crippen molar-refractivity contribution in [3.05, 3.63) is 136 Å². The summed E-state index contributed by atoms with van der Waals surface area (Å²) < 4.78 is 5.41. The fourth-order valence-electron chi connectivity index (χ4n) is 7.29. The lowest BCUT2D eigenvalue weighted by molar-refractivity contribution is -0.384. The fourth-order valence-corrected chi connectivity index (χ4v) is 7.29. The average molecular weight is 586 g/mol. The van der Waals surface area contributed by atoms with Gasteiger partial charge in [0.05, 0.1) is 24.0 Å². The Morgan fingerprint density at radius 1 is 0.909 bits per heavy atom. The monoisotopic (exact) mass is 585 g/mol. The Kier molecular flexibility index (Phi) is 6.21. The van der Waals surface area contributed by atoms with Crippen molar-refractivity contribution in [2.24, 2.45) is 5.92 Å². The molecule has 9 heteroatoms. The van der Waals surface area contributed by atoms with Gasteiger partial charge in [0.25, 0.3) is 5.69 Å². The molecule has 0 bridgehead atoms. The topological polar surface area (TPSA) is 119 Å². The zero-order chi connectivity index (χ0) is 30.7. The number of benzene rings is 4. The first kappa shape index (κ1) is 27.3. The zero-order valence-corrected chi connectivity index (χ0v) is 23.9. The molecule has 218 valence electrons. The van der Waals surface area contributed by atoms with Crippen LogP contribution >= 0.6 is 0 Å². The van der Waals surface area contributed by atoms with Gasteiger partial charge in [0.15, 0.2) is 11.6 Å². The van der Waals surface area contributed by atoms with Crippen molar-refractivity contribution >= 4 is 40.1 Å². The molecule has 1 amide bonds. The number of hydrogen-bond acceptors (Lipinski definition) is 7. The number of nitrogens with one attached hydrogen (secondary N) is 1. The molecule has 3 heterocycles. The van der Waals surface area contributed by atoms with E-state index in [2.05, 4.69) is 5.32 Å². The number of methoxy groups -OCH3 is 1. The molecule has 0 saturated carbocycles. The van der Waals surface area contributed by atoms with Gasteiger partial charge in [-0.3, -0.25) is 24.5 Å². The fraction of sp³-hybridized carbons (Fsp3) is 0.171. The molecule has 0 aliphatic carbocycles. The van der Waals surface area contributed by atoms with Gasteiger partial charge in [0, 0.05) is 40.2 Å². The number of carbonyl (C=O) groups excluding carboxylic acids is 3. The number of anilines is 2. The predicted octanol–water partition coefficient (Wildman–Crippen LogP) is 5.85. The van der Waals surface area contributed by atoms with Crippen LogP contribution in [0.25, 0.3) is 5.57 Å². The van der Waals surface area contributed by atoms with Crippen LogP contribution in [0.5, 0.6) is 5.75 Å². The number of fused-ring (bicyclic) bond motifs is 6. The molecule has 1 spiro atoms. The first-order valence-corrected chi connectivity index (χ1v) is 14.2. The van der Waals surface area contributed by atoms with E-state index >= 15 is 0 Å². The lowest BCUT2D eigenvalue weighted by Gasteiger charge is -2.39. The maximum atomic E-state index is 14.9. The van der Waals surface area contributed by atoms with Crippen LogP contribution in [0.2, 0.25) is 0 Å². The molecule has 1 N–H and O–H groups in total. The largest absolute Gasteiger partial charge is 0.497 e. The molecule has 0 radical (unpaired) electrons. The summed E-state index contributed by atoms with van der Waals surface area (Å²) in [7, 11) is 1.51. The van der Waals surface area contributed by atoms with Gasteiger partial charge in [-0.25, -0.2) is 0 Å². The van der Waals surface area contributed by atoms with E-state index < -0.39 is 40.0 Å². The van der Waals surface area contributed by atoms with Gasteiger partial charge in [0.2, 0.25) is 5.91 Å². The molecule has 4 aromatic carbocycles. The number of amides is 1. The second-order valence-corrected chi connectivity index (χ2v) is 11.3. The first-order valence-electron chi connectivity index (χ1n) is 14.2. The Bertz CT molecular complexity index is 1930. The lowest BCUT2D eigenvalue weighted by atomic mass is 9.64. The quantitative estimate of drug-likeness (QED) is 0.171. The highest BCUT2D eigenvalue weighted by Crippen LogP contribution is 2.59. The highest BCUT2D eigenvalue weighted by Gasteiger charge is 2.70. The smallest absolute Gasteiger partial charge is 0.270 e. The molecular formula is C35H27N3O6. The van der Waals surface area contributed by atoms with E-state index in [4.69, 9.17) is 4.74 Å². The maximum absolute atomic E-state index is 14.9. The highest BCUT2D eigenvalue weighted by molar-refractivity contribution is 6.18. The molecule has 1 fully saturated rings. The van der Waals surface area contributed by atoms with Gasteiger partial charge in [0.1, 0.15) is 17.2 Å². The third-order valence-electron chi connectivity index (χ3n) is 9.13. The number of rotatable bonds is 6. The van der Waals surface area contributed by atoms with Crippen LogP contribution in [0.3, 0.4) is 0 Å². The number of non-ortho nitro benzene ring substituents is 1. The molecular weight excluding hydrogens is 558 g/mol. The van der Waals surface area contributed by atoms with Crippen LogP contribution in [0.1, 0.15) is 38.8 Å². The van der Waals surface area contributed by atoms with Gasteiger partial charge in [-0.05, 0) is 42.3 Å². The number of nitro groups is 1. The molecule has 3 aliphatic heterocycles. The summed E-state index contributed by atoms with van der Waals surface area (Å²) in [5.74, 6) is -2.07. The summed E-state index contributed by atoms with van der Waals surface area (Å²) in [6, 6.07) is 25.2. The van der Waals surface area contributed by atoms with E-state index in [1.807, 2.05) is 54.3 Å². The summed E-state index contributed by atoms with van der Waals surface area (Å²) in [5.41, 5.74) is 2.29. The summed E-state index contributed by atoms with van der Waals surface area (Å²) in [5, 5.41) is 14.7. The number of nitrogens with zero attached hydrogens (tertiary/aromatic N) is 2. The SMILES string of the molecule is COc1cccc(C(=O)[C@H]2[C@@H](C(=O)c3cccc([N+](=O)[O-])c3)[C@@]3(C(=O)Nc4ccccc43)[C@H]3C=C(C)c4ccccc4N23)c1. The van der Waals surface area contributed by atoms with Crippen LogP contribution in [0.15, 0.2) is 103 Å². The number of Topliss-reactive ketones (excluding diaryl/α,β-unsaturated/α-hetero) is 2. The van der Waals surface area contributed by atoms with E-state index in [-0.39, 0.29) is 17.0 Å². The number of ketones is 2. The second-order valence-electron chi connectivity index (χ2n) is 11.3. The number of para-hydroxylation sites is 2. The number of allylic oxidation sites excluding steroid dienone is 1. The third kappa shape index (κ3) is 3.75. The van der Waals surface area contributed by atoms with Crippen molar-refractivity contribution in [2.45, 2.75) is 24.4 Å². The molecule has 0 unspecified atom stereocenters. The number of hydrogen-bond donors (Lipinski definition) is 1. The van der Waals surface area contributed by atoms with Gasteiger partial charge in [-0.15, -0.1) is 0 Å². The van der Waals surface area contributed by atoms with Crippen LogP contribution < -0.4 is 15.0 Å². The van der Waals surface area contributed by atoms with Crippen molar-refractivity contribution in [1.29, 1.82) is 0 Å². The molecule has 4 atom stereocenters. The Balaban J connectivity index is 1.55. The minimum Gasteiger partial charge on any atom is -0.497 e. The maximum Gasteiger partial charge on any atom is 0.270 e. The van der Waals surface area contributed by atoms with Crippen LogP contribution in [0, 0.1) is 16.0 Å². The molecule has 7 rings (SSSR count). The van der Waals surface area contributed by atoms with Crippen molar-refractivity contribution in [1.82, 2.24) is 0 Å². The Hall–Kier alpha value is -5.57. The lowest BCUT2D eigenvalue weighted by Crippen LogP contribution is -2.51. The Morgan fingerprint density at radius 3 is 2.39 bits per heavy atom. The highest BCUT2D eigenvalue weighted by atomic mass is 16.6. The Morgan fingerprint density at radius 2 is 1.61 bits per heavy atom. The summed E-state index contributed by atoms with van der Waals surface area (Å²) >= 11 is 0. The van der Waals surface area contributed by atoms with Gasteiger partial charge < -0.3 is 15.0 Å². The van der Waals surface area contributed by atoms with E-state index in [0.29, 0.717) is 22.6 Å². The standard InChI is InChI=1S/C35H27N3O6/c1-20-17-29-35(26-14-4-5-15-27(26)36-34(35)41)30(32(39)21-9-7-11-23(18-21)38(42)43)31(37(29)28-16-6-3-13-25(20)28)33(40)22-10-8-12-24(19-22)44-2/h3-19,29-31H,1-2H3,(H,36,41)/t29-,30+,31-,35+/m1/s1. The second kappa shape index (κ2) is 10.0. The summed E-state index contributed by atoms with van der Waals surface area (Å²) in [6.07, 6.45) is 1.97. The van der Waals surface area contributed by atoms with Gasteiger partial charge in [-0.1, -0.05) is 66.7 Å². The number of nitro benzene ring substituents is 1. The third-order valence-corrected chi connectivity index (χ3v) is 9.13. The van der Waals surface area contributed by atoms with Gasteiger partial charge in [-0.2, -0.15) is 0 Å². The Labute approximate surface area is 252 Å². The minimum atomic E-state index is -1.52. The molecule has 3 aliphatic rings. The first-order chi connectivity index (χ1) is 21.3. The van der Waals surface area contributed by atoms with E-state index in [9.17, 15) is 24.5 Å². The van der Waals surface area contributed by atoms with Crippen molar-refractivity contribution in [3.63, 3.8) is 0 Å². The number of carbonyl (C=O) groups is 3. The minimum absolute atomic E-state index is 0.0537. The van der Waals surface area contributed by atoms with Crippen molar-refractivity contribution < 1.29 is 24.0 Å². The predicted molar refractivity (Wildman–Crippen MR) is 165 cm³/mol. The molecule has 44 heavy (non-hydrogen) atoms. The number of ether oxygens (including phenoxy) is 1. The van der Waals surface area contributed by atoms with Gasteiger partial charge >= 0.3 is 0 Å². The van der Waals surface area contributed by atoms with Crippen LogP contribution in [-0.2, 0) is 10.2 Å². The molecule has 9 nitrogen and oxygen atoms in total. The van der Waals surface area contributed by atoms with E-state index in [1.165, 1.54) is 31.4 Å². The average Bonchev–Trinajstić information content (AvgIpc) is 3.52. The van der Waals surface area contributed by atoms with E-state index in [0.717, 1.165) is 16.8 Å². The summed E-state index contributed by atoms with van der Waals surface area (Å²) in [6.45, 7) is 1.96. The zero-order valence-electron chi connectivity index (χ0n) is 23.9. The van der Waals surface area contributed by atoms with E-state index in [1.54, 1.807) is 36.4 Å². The van der Waals surface area contributed by atoms with Crippen molar-refractivity contribution in [3.8, 4) is 5.75 Å². The normalized spacial score (nSPS) is 22.9. The van der Waals surface area contributed by atoms with Crippen LogP contribution in [0.4, 0.5) is 17.1 Å². The molecule has 0 aromatic heterocycles.